The number of allylic oxidation sites excluding steroid dienone is 1. The van der Waals surface area contributed by atoms with Crippen LogP contribution < -0.4 is 0 Å². The molecule has 0 rings (SSSR count). The van der Waals surface area contributed by atoms with Gasteiger partial charge in [-0.15, -0.1) is 11.6 Å². The summed E-state index contributed by atoms with van der Waals surface area (Å²) >= 11 is 10.9. The Morgan fingerprint density at radius 3 is 2.78 bits per heavy atom. The topological polar surface area (TPSA) is 9.23 Å². The molecular formula is C6H10Cl2O. The minimum absolute atomic E-state index is 0.504. The number of halogens is 2. The molecule has 0 aromatic heterocycles. The van der Waals surface area contributed by atoms with Gasteiger partial charge in [-0.05, 0) is 6.42 Å². The zero-order valence-electron chi connectivity index (χ0n) is 5.36. The zero-order valence-corrected chi connectivity index (χ0v) is 6.87. The molecule has 1 nitrogen and oxygen atoms in total. The Morgan fingerprint density at radius 2 is 2.33 bits per heavy atom. The summed E-state index contributed by atoms with van der Waals surface area (Å²) in [5, 5.41) is 0.722. The van der Waals surface area contributed by atoms with Crippen molar-refractivity contribution in [3.63, 3.8) is 0 Å². The number of alkyl halides is 1. The molecule has 0 fully saturated rings. The SMILES string of the molecule is CC/C(Cl)=C/OCCCl. The van der Waals surface area contributed by atoms with Crippen LogP contribution in [0, 0.1) is 0 Å². The molecule has 0 saturated carbocycles. The Kier molecular flexibility index (Phi) is 6.33. The molecule has 0 aromatic carbocycles. The molecule has 0 spiro atoms. The third-order valence-electron chi connectivity index (χ3n) is 0.744. The van der Waals surface area contributed by atoms with Gasteiger partial charge < -0.3 is 4.74 Å². The standard InChI is InChI=1S/C6H10Cl2O/c1-2-6(8)5-9-4-3-7/h5H,2-4H2,1H3/b6-5-. The molecular weight excluding hydrogens is 159 g/mol. The van der Waals surface area contributed by atoms with Crippen LogP contribution >= 0.6 is 23.2 Å². The van der Waals surface area contributed by atoms with Gasteiger partial charge in [-0.1, -0.05) is 18.5 Å². The van der Waals surface area contributed by atoms with E-state index in [1.54, 1.807) is 0 Å². The van der Waals surface area contributed by atoms with Gasteiger partial charge in [-0.3, -0.25) is 0 Å². The Bertz CT molecular complexity index is 91.1. The quantitative estimate of drug-likeness (QED) is 0.357. The smallest absolute Gasteiger partial charge is 0.101 e. The van der Waals surface area contributed by atoms with Gasteiger partial charge in [0.15, 0.2) is 0 Å². The second-order valence-corrected chi connectivity index (χ2v) is 2.34. The molecule has 54 valence electrons. The van der Waals surface area contributed by atoms with Crippen LogP contribution in [0.15, 0.2) is 11.3 Å². The first-order valence-electron chi connectivity index (χ1n) is 2.83. The van der Waals surface area contributed by atoms with Gasteiger partial charge in [0.25, 0.3) is 0 Å². The molecule has 0 heterocycles. The van der Waals surface area contributed by atoms with E-state index in [0.29, 0.717) is 12.5 Å². The van der Waals surface area contributed by atoms with E-state index in [1.165, 1.54) is 6.26 Å². The van der Waals surface area contributed by atoms with Gasteiger partial charge in [0.1, 0.15) is 6.61 Å². The van der Waals surface area contributed by atoms with Crippen molar-refractivity contribution >= 4 is 23.2 Å². The molecule has 0 aromatic rings. The lowest BCUT2D eigenvalue weighted by Gasteiger charge is -1.95. The summed E-state index contributed by atoms with van der Waals surface area (Å²) in [6.07, 6.45) is 2.34. The van der Waals surface area contributed by atoms with Crippen LogP contribution in [0.25, 0.3) is 0 Å². The van der Waals surface area contributed by atoms with Crippen molar-refractivity contribution in [3.05, 3.63) is 11.3 Å². The van der Waals surface area contributed by atoms with E-state index in [2.05, 4.69) is 0 Å². The summed E-state index contributed by atoms with van der Waals surface area (Å²) in [5.41, 5.74) is 0. The molecule has 0 atom stereocenters. The van der Waals surface area contributed by atoms with Crippen molar-refractivity contribution in [2.24, 2.45) is 0 Å². The highest BCUT2D eigenvalue weighted by Gasteiger charge is 1.84. The summed E-state index contributed by atoms with van der Waals surface area (Å²) < 4.78 is 4.91. The number of rotatable bonds is 4. The lowest BCUT2D eigenvalue weighted by molar-refractivity contribution is 0.269. The molecule has 0 aliphatic heterocycles. The zero-order chi connectivity index (χ0) is 7.11. The third kappa shape index (κ3) is 6.00. The summed E-state index contributed by atoms with van der Waals surface area (Å²) in [5.74, 6) is 0.504. The van der Waals surface area contributed by atoms with Crippen molar-refractivity contribution in [2.75, 3.05) is 12.5 Å². The van der Waals surface area contributed by atoms with Crippen molar-refractivity contribution < 1.29 is 4.74 Å². The Hall–Kier alpha value is 0.120. The first-order valence-corrected chi connectivity index (χ1v) is 3.74. The maximum Gasteiger partial charge on any atom is 0.101 e. The van der Waals surface area contributed by atoms with Gasteiger partial charge in [0, 0.05) is 0 Å². The van der Waals surface area contributed by atoms with Crippen LogP contribution in [-0.4, -0.2) is 12.5 Å². The van der Waals surface area contributed by atoms with Gasteiger partial charge in [-0.25, -0.2) is 0 Å². The fourth-order valence-electron chi connectivity index (χ4n) is 0.277. The van der Waals surface area contributed by atoms with Crippen molar-refractivity contribution in [1.29, 1.82) is 0 Å². The highest BCUT2D eigenvalue weighted by atomic mass is 35.5. The van der Waals surface area contributed by atoms with Gasteiger partial charge >= 0.3 is 0 Å². The normalized spacial score (nSPS) is 11.7. The fraction of sp³-hybridized carbons (Fsp3) is 0.667. The highest BCUT2D eigenvalue weighted by molar-refractivity contribution is 6.29. The minimum atomic E-state index is 0.504. The molecule has 9 heavy (non-hydrogen) atoms. The molecule has 3 heteroatoms. The predicted molar refractivity (Wildman–Crippen MR) is 40.9 cm³/mol. The summed E-state index contributed by atoms with van der Waals surface area (Å²) in [6, 6.07) is 0. The fourth-order valence-corrected chi connectivity index (χ4v) is 0.429. The highest BCUT2D eigenvalue weighted by Crippen LogP contribution is 2.04. The average molecular weight is 169 g/mol. The largest absolute Gasteiger partial charge is 0.499 e. The number of ether oxygens (including phenoxy) is 1. The Labute approximate surface area is 65.6 Å². The van der Waals surface area contributed by atoms with E-state index >= 15 is 0 Å². The lowest BCUT2D eigenvalue weighted by Crippen LogP contribution is -1.87. The summed E-state index contributed by atoms with van der Waals surface area (Å²) in [7, 11) is 0. The van der Waals surface area contributed by atoms with E-state index in [9.17, 15) is 0 Å². The average Bonchev–Trinajstić information content (AvgIpc) is 1.89. The minimum Gasteiger partial charge on any atom is -0.499 e. The molecule has 0 radical (unpaired) electrons. The molecule has 0 saturated heterocycles. The molecule has 0 bridgehead atoms. The van der Waals surface area contributed by atoms with Crippen LogP contribution in [0.2, 0.25) is 0 Å². The van der Waals surface area contributed by atoms with E-state index in [1.807, 2.05) is 6.92 Å². The van der Waals surface area contributed by atoms with Gasteiger partial charge in [0.05, 0.1) is 17.2 Å². The second kappa shape index (κ2) is 6.24. The first kappa shape index (κ1) is 9.12. The maximum atomic E-state index is 5.59. The molecule has 0 unspecified atom stereocenters. The predicted octanol–water partition coefficient (Wildman–Crippen LogP) is 2.73. The monoisotopic (exact) mass is 168 g/mol. The van der Waals surface area contributed by atoms with E-state index < -0.39 is 0 Å². The van der Waals surface area contributed by atoms with E-state index in [0.717, 1.165) is 11.5 Å². The first-order chi connectivity index (χ1) is 4.31. The van der Waals surface area contributed by atoms with Crippen LogP contribution in [-0.2, 0) is 4.74 Å². The second-order valence-electron chi connectivity index (χ2n) is 1.48. The summed E-state index contributed by atoms with van der Waals surface area (Å²) in [6.45, 7) is 2.49. The van der Waals surface area contributed by atoms with Crippen LogP contribution in [0.1, 0.15) is 13.3 Å². The Balaban J connectivity index is 3.21. The van der Waals surface area contributed by atoms with Crippen molar-refractivity contribution in [2.45, 2.75) is 13.3 Å². The molecule has 0 aliphatic carbocycles. The van der Waals surface area contributed by atoms with E-state index in [4.69, 9.17) is 27.9 Å². The van der Waals surface area contributed by atoms with Crippen LogP contribution in [0.4, 0.5) is 0 Å². The van der Waals surface area contributed by atoms with Crippen LogP contribution in [0.5, 0.6) is 0 Å². The Morgan fingerprint density at radius 1 is 1.67 bits per heavy atom. The van der Waals surface area contributed by atoms with Crippen molar-refractivity contribution in [3.8, 4) is 0 Å². The van der Waals surface area contributed by atoms with Gasteiger partial charge in [-0.2, -0.15) is 0 Å². The van der Waals surface area contributed by atoms with Crippen molar-refractivity contribution in [1.82, 2.24) is 0 Å². The summed E-state index contributed by atoms with van der Waals surface area (Å²) in [4.78, 5) is 0. The van der Waals surface area contributed by atoms with Crippen LogP contribution in [0.3, 0.4) is 0 Å². The number of hydrogen-bond acceptors (Lipinski definition) is 1. The number of hydrogen-bond donors (Lipinski definition) is 0. The third-order valence-corrected chi connectivity index (χ3v) is 1.25. The van der Waals surface area contributed by atoms with E-state index in [-0.39, 0.29) is 0 Å². The van der Waals surface area contributed by atoms with Gasteiger partial charge in [0.2, 0.25) is 0 Å². The molecule has 0 amide bonds. The maximum absolute atomic E-state index is 5.59. The molecule has 0 N–H and O–H groups in total. The molecule has 0 aliphatic rings. The lowest BCUT2D eigenvalue weighted by atomic mass is 10.5.